The second kappa shape index (κ2) is 8.27. The maximum Gasteiger partial charge on any atom is 0.330 e. The second-order valence-corrected chi connectivity index (χ2v) is 3.29. The largest absolute Gasteiger partial charge is 0.461 e. The van der Waals surface area contributed by atoms with Crippen LogP contribution in [0.15, 0.2) is 43.0 Å². The highest BCUT2D eigenvalue weighted by Crippen LogP contribution is 2.11. The predicted molar refractivity (Wildman–Crippen MR) is 65.1 cm³/mol. The predicted octanol–water partition coefficient (Wildman–Crippen LogP) is 1.13. The van der Waals surface area contributed by atoms with E-state index in [1.165, 1.54) is 0 Å². The summed E-state index contributed by atoms with van der Waals surface area (Å²) in [5, 5.41) is 8.70. The summed E-state index contributed by atoms with van der Waals surface area (Å²) in [5.41, 5.74) is 0. The highest BCUT2D eigenvalue weighted by Gasteiger charge is 2.13. The molecule has 0 aliphatic carbocycles. The first kappa shape index (κ1) is 14.2. The van der Waals surface area contributed by atoms with E-state index in [1.54, 1.807) is 12.1 Å². The average molecular weight is 252 g/mol. The van der Waals surface area contributed by atoms with Crippen LogP contribution in [0, 0.1) is 0 Å². The fraction of sp³-hybridized carbons (Fsp3) is 0.308. The first-order valence-corrected chi connectivity index (χ1v) is 5.49. The third-order valence-corrected chi connectivity index (χ3v) is 1.93. The van der Waals surface area contributed by atoms with Crippen molar-refractivity contribution in [1.82, 2.24) is 0 Å². The third-order valence-electron chi connectivity index (χ3n) is 1.93. The van der Waals surface area contributed by atoms with Crippen LogP contribution in [0.25, 0.3) is 0 Å². The molecule has 0 spiro atoms. The van der Waals surface area contributed by atoms with Gasteiger partial charge in [-0.1, -0.05) is 24.8 Å². The van der Waals surface area contributed by atoms with Crippen molar-refractivity contribution >= 4 is 5.97 Å². The molecule has 5 nitrogen and oxygen atoms in total. The van der Waals surface area contributed by atoms with Crippen LogP contribution in [0.1, 0.15) is 0 Å². The molecule has 1 rings (SSSR count). The van der Waals surface area contributed by atoms with E-state index in [0.29, 0.717) is 5.75 Å². The molecule has 1 atom stereocenters. The van der Waals surface area contributed by atoms with Gasteiger partial charge in [-0.3, -0.25) is 0 Å². The van der Waals surface area contributed by atoms with Crippen molar-refractivity contribution in [2.75, 3.05) is 19.8 Å². The van der Waals surface area contributed by atoms with Crippen LogP contribution in [-0.2, 0) is 14.3 Å². The third kappa shape index (κ3) is 5.47. The van der Waals surface area contributed by atoms with Crippen molar-refractivity contribution in [1.29, 1.82) is 0 Å². The summed E-state index contributed by atoms with van der Waals surface area (Å²) >= 11 is 0. The first-order chi connectivity index (χ1) is 8.76. The molecule has 0 heterocycles. The van der Waals surface area contributed by atoms with Crippen LogP contribution in [-0.4, -0.2) is 37.2 Å². The summed E-state index contributed by atoms with van der Waals surface area (Å²) in [6.45, 7) is 3.18. The number of para-hydroxylation sites is 1. The molecule has 0 fully saturated rings. The van der Waals surface area contributed by atoms with Gasteiger partial charge in [0.15, 0.2) is 6.61 Å². The quantitative estimate of drug-likeness (QED) is 0.427. The maximum absolute atomic E-state index is 10.9. The van der Waals surface area contributed by atoms with Gasteiger partial charge in [0.05, 0.1) is 13.2 Å². The molecule has 1 aromatic carbocycles. The Hall–Kier alpha value is -1.85. The van der Waals surface area contributed by atoms with Crippen LogP contribution in [0.3, 0.4) is 0 Å². The molecule has 0 aliphatic heterocycles. The molecule has 0 bridgehead atoms. The highest BCUT2D eigenvalue weighted by atomic mass is 16.7. The molecule has 1 unspecified atom stereocenters. The molecule has 0 saturated heterocycles. The van der Waals surface area contributed by atoms with Crippen molar-refractivity contribution < 1.29 is 24.1 Å². The van der Waals surface area contributed by atoms with Gasteiger partial charge >= 0.3 is 5.97 Å². The number of carbonyl (C=O) groups is 1. The van der Waals surface area contributed by atoms with Gasteiger partial charge in [0, 0.05) is 6.08 Å². The van der Waals surface area contributed by atoms with E-state index in [4.69, 9.17) is 19.3 Å². The summed E-state index contributed by atoms with van der Waals surface area (Å²) in [4.78, 5) is 10.9. The van der Waals surface area contributed by atoms with Crippen LogP contribution < -0.4 is 4.74 Å². The Morgan fingerprint density at radius 1 is 1.39 bits per heavy atom. The fourth-order valence-electron chi connectivity index (χ4n) is 1.16. The molecular formula is C13H16O5. The number of rotatable bonds is 8. The van der Waals surface area contributed by atoms with E-state index in [9.17, 15) is 4.79 Å². The number of carbonyl (C=O) groups excluding carboxylic acids is 1. The van der Waals surface area contributed by atoms with Crippen LogP contribution in [0.5, 0.6) is 5.75 Å². The molecular weight excluding hydrogens is 236 g/mol. The van der Waals surface area contributed by atoms with Crippen molar-refractivity contribution in [3.8, 4) is 5.75 Å². The van der Waals surface area contributed by atoms with Gasteiger partial charge in [-0.05, 0) is 12.1 Å². The van der Waals surface area contributed by atoms with E-state index in [2.05, 4.69) is 6.58 Å². The van der Waals surface area contributed by atoms with E-state index < -0.39 is 12.3 Å². The molecule has 1 aromatic rings. The van der Waals surface area contributed by atoms with Gasteiger partial charge in [0.25, 0.3) is 0 Å². The minimum atomic E-state index is -0.761. The van der Waals surface area contributed by atoms with Crippen LogP contribution in [0.2, 0.25) is 0 Å². The molecule has 18 heavy (non-hydrogen) atoms. The smallest absolute Gasteiger partial charge is 0.330 e. The highest BCUT2D eigenvalue weighted by molar-refractivity contribution is 5.81. The van der Waals surface area contributed by atoms with Crippen molar-refractivity contribution in [2.45, 2.75) is 6.29 Å². The summed E-state index contributed by atoms with van der Waals surface area (Å²) in [5.74, 6) is 0.0411. The van der Waals surface area contributed by atoms with Crippen molar-refractivity contribution in [3.63, 3.8) is 0 Å². The molecule has 0 aromatic heterocycles. The molecule has 0 saturated carbocycles. The van der Waals surface area contributed by atoms with Crippen molar-refractivity contribution in [2.24, 2.45) is 0 Å². The van der Waals surface area contributed by atoms with Crippen LogP contribution >= 0.6 is 0 Å². The van der Waals surface area contributed by atoms with E-state index in [0.717, 1.165) is 6.08 Å². The number of benzene rings is 1. The Morgan fingerprint density at radius 2 is 2.11 bits per heavy atom. The Morgan fingerprint density at radius 3 is 2.72 bits per heavy atom. The van der Waals surface area contributed by atoms with Gasteiger partial charge in [0.1, 0.15) is 5.75 Å². The molecule has 0 amide bonds. The number of aliphatic hydroxyl groups is 1. The normalized spacial score (nSPS) is 11.6. The lowest BCUT2D eigenvalue weighted by Crippen LogP contribution is -2.28. The van der Waals surface area contributed by atoms with Gasteiger partial charge in [-0.2, -0.15) is 0 Å². The monoisotopic (exact) mass is 252 g/mol. The first-order valence-electron chi connectivity index (χ1n) is 5.49. The summed E-state index contributed by atoms with van der Waals surface area (Å²) in [6.07, 6.45) is 0.300. The maximum atomic E-state index is 10.9. The van der Waals surface area contributed by atoms with Crippen molar-refractivity contribution in [3.05, 3.63) is 43.0 Å². The number of ether oxygens (including phenoxy) is 3. The Kier molecular flexibility index (Phi) is 6.53. The van der Waals surface area contributed by atoms with Gasteiger partial charge in [0.2, 0.25) is 6.29 Å². The zero-order chi connectivity index (χ0) is 13.2. The fourth-order valence-corrected chi connectivity index (χ4v) is 1.16. The Balaban J connectivity index is 2.49. The van der Waals surface area contributed by atoms with Gasteiger partial charge in [-0.15, -0.1) is 0 Å². The minimum Gasteiger partial charge on any atom is -0.461 e. The zero-order valence-corrected chi connectivity index (χ0v) is 9.95. The van der Waals surface area contributed by atoms with E-state index in [1.807, 2.05) is 18.2 Å². The molecule has 98 valence electrons. The molecule has 1 N–H and O–H groups in total. The number of aliphatic hydroxyl groups excluding tert-OH is 1. The van der Waals surface area contributed by atoms with E-state index in [-0.39, 0.29) is 19.8 Å². The number of hydrogen-bond donors (Lipinski definition) is 1. The average Bonchev–Trinajstić information content (AvgIpc) is 2.42. The summed E-state index contributed by atoms with van der Waals surface area (Å²) < 4.78 is 15.5. The Bertz CT molecular complexity index is 363. The van der Waals surface area contributed by atoms with Gasteiger partial charge in [-0.25, -0.2) is 4.79 Å². The van der Waals surface area contributed by atoms with Gasteiger partial charge < -0.3 is 19.3 Å². The standard InChI is InChI=1S/C13H16O5/c1-2-12(15)17-10-13(16-9-8-14)18-11-6-4-3-5-7-11/h2-7,13-14H,1,8-10H2. The lowest BCUT2D eigenvalue weighted by molar-refractivity contribution is -0.156. The lowest BCUT2D eigenvalue weighted by atomic mass is 10.3. The Labute approximate surface area is 106 Å². The zero-order valence-electron chi connectivity index (χ0n) is 9.95. The molecule has 5 heteroatoms. The molecule has 0 aliphatic rings. The second-order valence-electron chi connectivity index (χ2n) is 3.29. The van der Waals surface area contributed by atoms with E-state index >= 15 is 0 Å². The van der Waals surface area contributed by atoms with Crippen LogP contribution in [0.4, 0.5) is 0 Å². The summed E-state index contributed by atoms with van der Waals surface area (Å²) in [7, 11) is 0. The number of hydrogen-bond acceptors (Lipinski definition) is 5. The lowest BCUT2D eigenvalue weighted by Gasteiger charge is -2.18. The summed E-state index contributed by atoms with van der Waals surface area (Å²) in [6, 6.07) is 8.99. The minimum absolute atomic E-state index is 0.0697. The topological polar surface area (TPSA) is 65.0 Å². The number of esters is 1. The SMILES string of the molecule is C=CC(=O)OCC(OCCO)Oc1ccccc1. The molecule has 0 radical (unpaired) electrons.